The molecule has 1 aromatic heterocycles. The molecule has 0 aliphatic rings. The highest BCUT2D eigenvalue weighted by atomic mass is 19.2. The van der Waals surface area contributed by atoms with Crippen molar-refractivity contribution in [1.29, 1.82) is 0 Å². The van der Waals surface area contributed by atoms with Crippen LogP contribution in [0, 0.1) is 87.3 Å². The highest BCUT2D eigenvalue weighted by molar-refractivity contribution is 7.05. The minimum absolute atomic E-state index is 0.0561. The summed E-state index contributed by atoms with van der Waals surface area (Å²) >= 11 is 0. The number of benzene rings is 4. The van der Waals surface area contributed by atoms with Gasteiger partial charge in [0.2, 0.25) is 5.49 Å². The monoisotopic (exact) mass is 656 g/mol. The van der Waals surface area contributed by atoms with Crippen LogP contribution in [-0.4, -0.2) is 11.3 Å². The summed E-state index contributed by atoms with van der Waals surface area (Å²) in [6.07, 6.45) is -5.94. The average Bonchev–Trinajstić information content (AvgIpc) is 3.02. The molecular formula is C27H8BF15N2. The van der Waals surface area contributed by atoms with E-state index in [0.29, 0.717) is 0 Å². The molecule has 45 heavy (non-hydrogen) atoms. The Labute approximate surface area is 239 Å². The molecule has 0 unspecified atom stereocenters. The van der Waals surface area contributed by atoms with Gasteiger partial charge in [0.25, 0.3) is 6.28 Å². The Kier molecular flexibility index (Phi) is 7.65. The SMILES string of the molecule is Fc1c(F)c(F)c([B-](/[NH+]=c2/ccc3ccccc3[nH]2)(c2c(F)c(F)c(F)c(F)c2F)c2c(F)c(F)c(F)c(F)c2F)c(F)c1F. The molecule has 5 rings (SSSR count). The molecule has 0 atom stereocenters. The molecule has 0 aliphatic carbocycles. The van der Waals surface area contributed by atoms with Crippen LogP contribution in [0.5, 0.6) is 0 Å². The first-order chi connectivity index (χ1) is 21.1. The second kappa shape index (κ2) is 10.9. The number of para-hydroxylation sites is 1. The van der Waals surface area contributed by atoms with Gasteiger partial charge < -0.3 is 4.90 Å². The Morgan fingerprint density at radius 1 is 0.378 bits per heavy atom. The van der Waals surface area contributed by atoms with Gasteiger partial charge in [-0.1, -0.05) is 34.6 Å². The molecule has 0 aliphatic heterocycles. The van der Waals surface area contributed by atoms with Gasteiger partial charge >= 0.3 is 0 Å². The molecule has 234 valence electrons. The molecule has 2 nitrogen and oxygen atoms in total. The molecule has 0 fully saturated rings. The second-order valence-corrected chi connectivity index (χ2v) is 9.42. The van der Waals surface area contributed by atoms with Crippen LogP contribution in [0.3, 0.4) is 0 Å². The van der Waals surface area contributed by atoms with Crippen molar-refractivity contribution in [2.24, 2.45) is 0 Å². The molecule has 0 bridgehead atoms. The molecule has 0 radical (unpaired) electrons. The second-order valence-electron chi connectivity index (χ2n) is 9.42. The minimum atomic E-state index is -5.94. The van der Waals surface area contributed by atoms with Gasteiger partial charge in [-0.25, -0.2) is 70.8 Å². The lowest BCUT2D eigenvalue weighted by atomic mass is 9.24. The number of hydrogen-bond acceptors (Lipinski definition) is 0. The van der Waals surface area contributed by atoms with Crippen LogP contribution >= 0.6 is 0 Å². The predicted octanol–water partition coefficient (Wildman–Crippen LogP) is 3.90. The lowest BCUT2D eigenvalue weighted by molar-refractivity contribution is -0.353. The number of H-pyrrole nitrogens is 1. The van der Waals surface area contributed by atoms with Crippen LogP contribution in [-0.2, 0) is 0 Å². The lowest BCUT2D eigenvalue weighted by Gasteiger charge is -2.37. The quantitative estimate of drug-likeness (QED) is 0.127. The normalized spacial score (nSPS) is 12.5. The summed E-state index contributed by atoms with van der Waals surface area (Å²) in [6, 6.07) is 7.19. The van der Waals surface area contributed by atoms with Crippen LogP contribution in [0.1, 0.15) is 0 Å². The van der Waals surface area contributed by atoms with Crippen LogP contribution < -0.4 is 26.8 Å². The van der Waals surface area contributed by atoms with E-state index in [1.807, 2.05) is 0 Å². The maximum Gasteiger partial charge on any atom is 0.282 e. The molecule has 4 aromatic carbocycles. The summed E-state index contributed by atoms with van der Waals surface area (Å²) < 4.78 is 223. The van der Waals surface area contributed by atoms with E-state index >= 15 is 26.3 Å². The number of fused-ring (bicyclic) bond motifs is 1. The van der Waals surface area contributed by atoms with E-state index in [2.05, 4.69) is 4.98 Å². The Bertz CT molecular complexity index is 1890. The van der Waals surface area contributed by atoms with Gasteiger partial charge in [0, 0.05) is 11.5 Å². The molecule has 18 heteroatoms. The Morgan fingerprint density at radius 2 is 0.689 bits per heavy atom. The summed E-state index contributed by atoms with van der Waals surface area (Å²) in [5, 5.41) is 0.254. The van der Waals surface area contributed by atoms with Gasteiger partial charge in [-0.3, -0.25) is 0 Å². The van der Waals surface area contributed by atoms with E-state index in [-0.39, 0.29) is 10.9 Å². The molecular weight excluding hydrogens is 648 g/mol. The van der Waals surface area contributed by atoms with Gasteiger partial charge in [0.1, 0.15) is 40.4 Å². The zero-order valence-electron chi connectivity index (χ0n) is 21.2. The summed E-state index contributed by atoms with van der Waals surface area (Å²) in [4.78, 5) is 3.91. The maximum absolute atomic E-state index is 15.5. The number of nitrogens with one attached hydrogen (secondary N) is 2. The van der Waals surface area contributed by atoms with E-state index in [4.69, 9.17) is 0 Å². The average molecular weight is 656 g/mol. The topological polar surface area (TPSA) is 29.8 Å². The first kappa shape index (κ1) is 31.5. The fourth-order valence-electron chi connectivity index (χ4n) is 5.09. The van der Waals surface area contributed by atoms with Crippen LogP contribution in [0.25, 0.3) is 10.9 Å². The predicted molar refractivity (Wildman–Crippen MR) is 126 cm³/mol. The minimum Gasteiger partial charge on any atom is -0.457 e. The Morgan fingerprint density at radius 3 is 1.04 bits per heavy atom. The number of halogens is 15. The van der Waals surface area contributed by atoms with Gasteiger partial charge in [-0.05, 0) is 12.1 Å². The van der Waals surface area contributed by atoms with Crippen LogP contribution in [0.4, 0.5) is 65.9 Å². The zero-order chi connectivity index (χ0) is 33.3. The summed E-state index contributed by atoms with van der Waals surface area (Å²) in [6.45, 7) is 0. The number of hydrogen-bond donors (Lipinski definition) is 2. The smallest absolute Gasteiger partial charge is 0.282 e. The molecule has 0 saturated carbocycles. The third kappa shape index (κ3) is 4.44. The number of pyridine rings is 1. The summed E-state index contributed by atoms with van der Waals surface area (Å²) in [5.41, 5.74) is -9.33. The largest absolute Gasteiger partial charge is 0.457 e. The van der Waals surface area contributed by atoms with Crippen LogP contribution in [0.2, 0.25) is 0 Å². The van der Waals surface area contributed by atoms with Crippen molar-refractivity contribution in [2.45, 2.75) is 0 Å². The van der Waals surface area contributed by atoms with E-state index in [1.54, 1.807) is 4.90 Å². The number of aromatic amines is 1. The third-order valence-corrected chi connectivity index (χ3v) is 7.06. The summed E-state index contributed by atoms with van der Waals surface area (Å²) in [7, 11) is 0. The summed E-state index contributed by atoms with van der Waals surface area (Å²) in [5.74, 6) is -46.1. The van der Waals surface area contributed by atoms with E-state index in [9.17, 15) is 39.5 Å². The van der Waals surface area contributed by atoms with Crippen molar-refractivity contribution in [1.82, 2.24) is 4.98 Å². The van der Waals surface area contributed by atoms with E-state index in [0.717, 1.165) is 12.1 Å². The van der Waals surface area contributed by atoms with Gasteiger partial charge in [-0.2, -0.15) is 0 Å². The van der Waals surface area contributed by atoms with E-state index < -0.39 is 115 Å². The standard InChI is InChI=1S/C27H8BF15N2/c29-13-10(14(30)20(36)25(41)19(13)35)28(11-15(31)21(37)26(42)22(38)16(11)32,12-17(33)23(39)27(43)24(40)18(12)34)45-9-6-5-7-3-1-2-4-8(7)44-9/h1-6,44-45H/b45-9-. The van der Waals surface area contributed by atoms with Crippen molar-refractivity contribution in [2.75, 3.05) is 0 Å². The molecule has 0 saturated heterocycles. The molecule has 5 aromatic rings. The van der Waals surface area contributed by atoms with Crippen molar-refractivity contribution < 1.29 is 70.8 Å². The van der Waals surface area contributed by atoms with Crippen molar-refractivity contribution in [3.8, 4) is 0 Å². The Hall–Kier alpha value is -4.90. The molecule has 2 N–H and O–H groups in total. The van der Waals surface area contributed by atoms with Crippen molar-refractivity contribution in [3.63, 3.8) is 0 Å². The fourth-order valence-corrected chi connectivity index (χ4v) is 5.09. The lowest BCUT2D eigenvalue weighted by Crippen LogP contribution is -3.07. The van der Waals surface area contributed by atoms with Gasteiger partial charge in [0.05, 0.1) is 0 Å². The Balaban J connectivity index is 2.23. The molecule has 1 heterocycles. The highest BCUT2D eigenvalue weighted by Gasteiger charge is 2.51. The highest BCUT2D eigenvalue weighted by Crippen LogP contribution is 2.25. The molecule has 0 spiro atoms. The number of aromatic nitrogens is 1. The zero-order valence-corrected chi connectivity index (χ0v) is 21.2. The maximum atomic E-state index is 15.5. The van der Waals surface area contributed by atoms with Crippen LogP contribution in [0.15, 0.2) is 36.4 Å². The van der Waals surface area contributed by atoms with E-state index in [1.165, 1.54) is 24.3 Å². The number of rotatable bonds is 4. The molecule has 0 amide bonds. The first-order valence-electron chi connectivity index (χ1n) is 12.0. The fraction of sp³-hybridized carbons (Fsp3) is 0. The van der Waals surface area contributed by atoms with Crippen molar-refractivity contribution in [3.05, 3.63) is 129 Å². The van der Waals surface area contributed by atoms with Gasteiger partial charge in [-0.15, -0.1) is 0 Å². The third-order valence-electron chi connectivity index (χ3n) is 7.06. The first-order valence-corrected chi connectivity index (χ1v) is 12.0. The van der Waals surface area contributed by atoms with Crippen molar-refractivity contribution >= 4 is 33.6 Å². The van der Waals surface area contributed by atoms with Gasteiger partial charge in [0.15, 0.2) is 52.4 Å².